The van der Waals surface area contributed by atoms with E-state index in [1.807, 2.05) is 43.3 Å². The zero-order valence-corrected chi connectivity index (χ0v) is 10.1. The number of nitriles is 1. The lowest BCUT2D eigenvalue weighted by atomic mass is 9.75. The molecule has 2 unspecified atom stereocenters. The largest absolute Gasteiger partial charge is 0.384 e. The molecule has 2 rings (SSSR count). The summed E-state index contributed by atoms with van der Waals surface area (Å²) in [6.07, 6.45) is 4.51. The van der Waals surface area contributed by atoms with Crippen molar-refractivity contribution in [3.05, 3.63) is 47.5 Å². The molecule has 0 heterocycles. The maximum absolute atomic E-state index is 10.7. The van der Waals surface area contributed by atoms with Gasteiger partial charge in [0.05, 0.1) is 6.07 Å². The van der Waals surface area contributed by atoms with Crippen molar-refractivity contribution >= 4 is 0 Å². The fourth-order valence-corrected chi connectivity index (χ4v) is 2.57. The van der Waals surface area contributed by atoms with Crippen molar-refractivity contribution in [2.24, 2.45) is 0 Å². The van der Waals surface area contributed by atoms with Gasteiger partial charge in [-0.2, -0.15) is 5.26 Å². The molecule has 0 aromatic heterocycles. The average Bonchev–Trinajstić information content (AvgIpc) is 2.30. The van der Waals surface area contributed by atoms with E-state index in [1.54, 1.807) is 0 Å². The molecule has 0 amide bonds. The predicted molar refractivity (Wildman–Crippen MR) is 67.4 cm³/mol. The maximum atomic E-state index is 10.7. The molecule has 1 aliphatic carbocycles. The van der Waals surface area contributed by atoms with Crippen molar-refractivity contribution in [2.75, 3.05) is 0 Å². The van der Waals surface area contributed by atoms with Gasteiger partial charge >= 0.3 is 0 Å². The van der Waals surface area contributed by atoms with E-state index in [2.05, 4.69) is 6.07 Å². The minimum Gasteiger partial charge on any atom is -0.384 e. The quantitative estimate of drug-likeness (QED) is 0.789. The van der Waals surface area contributed by atoms with Crippen molar-refractivity contribution in [2.45, 2.75) is 37.7 Å². The van der Waals surface area contributed by atoms with Crippen LogP contribution in [0.4, 0.5) is 0 Å². The molecule has 1 aliphatic rings. The zero-order chi connectivity index (χ0) is 12.3. The Morgan fingerprint density at radius 1 is 1.35 bits per heavy atom. The Morgan fingerprint density at radius 3 is 2.65 bits per heavy atom. The molecule has 1 N–H and O–H groups in total. The summed E-state index contributed by atoms with van der Waals surface area (Å²) >= 11 is 0. The van der Waals surface area contributed by atoms with E-state index < -0.39 is 11.5 Å². The summed E-state index contributed by atoms with van der Waals surface area (Å²) in [6, 6.07) is 11.8. The Balaban J connectivity index is 2.37. The lowest BCUT2D eigenvalue weighted by Crippen LogP contribution is -2.35. The van der Waals surface area contributed by atoms with Crippen molar-refractivity contribution in [1.29, 1.82) is 5.26 Å². The third-order valence-corrected chi connectivity index (χ3v) is 3.41. The number of hydrogen-bond acceptors (Lipinski definition) is 2. The summed E-state index contributed by atoms with van der Waals surface area (Å²) in [5.41, 5.74) is 1.07. The standard InChI is InChI=1S/C15H17NO/c1-12-6-5-9-15(17,10-12)14(11-16)13-7-3-2-4-8-13/h2-4,7-8,10,14,17H,5-6,9H2,1H3. The number of aliphatic hydroxyl groups is 1. The SMILES string of the molecule is CC1=CC(O)(C(C#N)c2ccccc2)CCC1. The van der Waals surface area contributed by atoms with E-state index >= 15 is 0 Å². The molecular formula is C15H17NO. The van der Waals surface area contributed by atoms with Crippen molar-refractivity contribution in [3.63, 3.8) is 0 Å². The topological polar surface area (TPSA) is 44.0 Å². The molecule has 2 atom stereocenters. The Kier molecular flexibility index (Phi) is 3.31. The molecule has 0 spiro atoms. The van der Waals surface area contributed by atoms with Gasteiger partial charge in [0.2, 0.25) is 0 Å². The molecule has 0 fully saturated rings. The number of allylic oxidation sites excluding steroid dienone is 1. The second kappa shape index (κ2) is 4.73. The van der Waals surface area contributed by atoms with Gasteiger partial charge in [0.1, 0.15) is 11.5 Å². The lowest BCUT2D eigenvalue weighted by Gasteiger charge is -2.33. The first-order valence-corrected chi connectivity index (χ1v) is 6.01. The van der Waals surface area contributed by atoms with Gasteiger partial charge in [-0.15, -0.1) is 0 Å². The van der Waals surface area contributed by atoms with Gasteiger partial charge in [-0.3, -0.25) is 0 Å². The van der Waals surface area contributed by atoms with E-state index in [4.69, 9.17) is 0 Å². The van der Waals surface area contributed by atoms with Crippen molar-refractivity contribution in [1.82, 2.24) is 0 Å². The maximum Gasteiger partial charge on any atom is 0.104 e. The van der Waals surface area contributed by atoms with Crippen LogP contribution in [0, 0.1) is 11.3 Å². The second-order valence-electron chi connectivity index (χ2n) is 4.81. The van der Waals surface area contributed by atoms with Crippen LogP contribution in [0.25, 0.3) is 0 Å². The Hall–Kier alpha value is -1.59. The molecular weight excluding hydrogens is 210 g/mol. The van der Waals surface area contributed by atoms with Crippen LogP contribution in [0.15, 0.2) is 42.0 Å². The lowest BCUT2D eigenvalue weighted by molar-refractivity contribution is 0.0606. The molecule has 17 heavy (non-hydrogen) atoms. The molecule has 2 nitrogen and oxygen atoms in total. The van der Waals surface area contributed by atoms with Crippen LogP contribution in [-0.4, -0.2) is 10.7 Å². The normalized spacial score (nSPS) is 25.8. The summed E-state index contributed by atoms with van der Waals surface area (Å²) in [5, 5.41) is 20.0. The fourth-order valence-electron chi connectivity index (χ4n) is 2.57. The van der Waals surface area contributed by atoms with Gasteiger partial charge in [-0.1, -0.05) is 42.0 Å². The fraction of sp³-hybridized carbons (Fsp3) is 0.400. The first-order chi connectivity index (χ1) is 8.15. The highest BCUT2D eigenvalue weighted by molar-refractivity contribution is 5.33. The molecule has 0 saturated carbocycles. The summed E-state index contributed by atoms with van der Waals surface area (Å²) in [4.78, 5) is 0. The molecule has 88 valence electrons. The van der Waals surface area contributed by atoms with Crippen LogP contribution in [-0.2, 0) is 0 Å². The van der Waals surface area contributed by atoms with E-state index in [0.717, 1.165) is 18.4 Å². The Morgan fingerprint density at radius 2 is 2.06 bits per heavy atom. The van der Waals surface area contributed by atoms with E-state index in [9.17, 15) is 10.4 Å². The smallest absolute Gasteiger partial charge is 0.104 e. The molecule has 0 saturated heterocycles. The molecule has 0 radical (unpaired) electrons. The Labute approximate surface area is 102 Å². The highest BCUT2D eigenvalue weighted by Crippen LogP contribution is 2.37. The second-order valence-corrected chi connectivity index (χ2v) is 4.81. The van der Waals surface area contributed by atoms with Gasteiger partial charge in [-0.05, 0) is 31.7 Å². The van der Waals surface area contributed by atoms with Gasteiger partial charge < -0.3 is 5.11 Å². The van der Waals surface area contributed by atoms with Crippen LogP contribution in [0.3, 0.4) is 0 Å². The average molecular weight is 227 g/mol. The third-order valence-electron chi connectivity index (χ3n) is 3.41. The first kappa shape index (κ1) is 11.9. The Bertz CT molecular complexity index is 458. The molecule has 0 aliphatic heterocycles. The highest BCUT2D eigenvalue weighted by Gasteiger charge is 2.37. The molecule has 1 aromatic carbocycles. The highest BCUT2D eigenvalue weighted by atomic mass is 16.3. The van der Waals surface area contributed by atoms with Gasteiger partial charge in [0.15, 0.2) is 0 Å². The van der Waals surface area contributed by atoms with Gasteiger partial charge in [0.25, 0.3) is 0 Å². The predicted octanol–water partition coefficient (Wildman–Crippen LogP) is 3.16. The number of hydrogen-bond donors (Lipinski definition) is 1. The minimum absolute atomic E-state index is 0.473. The third kappa shape index (κ3) is 2.40. The van der Waals surface area contributed by atoms with Crippen LogP contribution in [0.2, 0.25) is 0 Å². The summed E-state index contributed by atoms with van der Waals surface area (Å²) in [7, 11) is 0. The van der Waals surface area contributed by atoms with Gasteiger partial charge in [-0.25, -0.2) is 0 Å². The van der Waals surface area contributed by atoms with Crippen LogP contribution in [0.1, 0.15) is 37.7 Å². The van der Waals surface area contributed by atoms with Crippen LogP contribution < -0.4 is 0 Å². The zero-order valence-electron chi connectivity index (χ0n) is 10.1. The van der Waals surface area contributed by atoms with Crippen molar-refractivity contribution < 1.29 is 5.11 Å². The van der Waals surface area contributed by atoms with E-state index in [1.165, 1.54) is 5.57 Å². The van der Waals surface area contributed by atoms with Crippen LogP contribution in [0.5, 0.6) is 0 Å². The van der Waals surface area contributed by atoms with Crippen LogP contribution >= 0.6 is 0 Å². The van der Waals surface area contributed by atoms with E-state index in [0.29, 0.717) is 6.42 Å². The summed E-state index contributed by atoms with van der Waals surface area (Å²) < 4.78 is 0. The number of benzene rings is 1. The molecule has 2 heteroatoms. The minimum atomic E-state index is -1.00. The summed E-state index contributed by atoms with van der Waals surface area (Å²) in [6.45, 7) is 2.02. The van der Waals surface area contributed by atoms with Gasteiger partial charge in [0, 0.05) is 0 Å². The van der Waals surface area contributed by atoms with Crippen molar-refractivity contribution in [3.8, 4) is 6.07 Å². The molecule has 1 aromatic rings. The molecule has 0 bridgehead atoms. The first-order valence-electron chi connectivity index (χ1n) is 6.01. The number of nitrogens with zero attached hydrogens (tertiary/aromatic N) is 1. The summed E-state index contributed by atoms with van der Waals surface area (Å²) in [5.74, 6) is -0.473. The monoisotopic (exact) mass is 227 g/mol. The van der Waals surface area contributed by atoms with E-state index in [-0.39, 0.29) is 0 Å². The number of rotatable bonds is 2.